The lowest BCUT2D eigenvalue weighted by atomic mass is 9.98. The molecule has 0 saturated carbocycles. The number of benzene rings is 2. The third-order valence-corrected chi connectivity index (χ3v) is 6.01. The van der Waals surface area contributed by atoms with Crippen LogP contribution in [0.5, 0.6) is 23.0 Å². The quantitative estimate of drug-likeness (QED) is 0.243. The molecule has 1 heterocycles. The molecule has 0 bridgehead atoms. The zero-order chi connectivity index (χ0) is 25.9. The third-order valence-electron chi connectivity index (χ3n) is 6.01. The minimum atomic E-state index is -0.443. The van der Waals surface area contributed by atoms with Gasteiger partial charge in [-0.3, -0.25) is 4.79 Å². The van der Waals surface area contributed by atoms with Gasteiger partial charge in [0.15, 0.2) is 11.5 Å². The van der Waals surface area contributed by atoms with Gasteiger partial charge in [-0.1, -0.05) is 34.9 Å². The lowest BCUT2D eigenvalue weighted by Gasteiger charge is -2.14. The van der Waals surface area contributed by atoms with Crippen LogP contribution in [0.1, 0.15) is 58.6 Å². The first-order valence-electron chi connectivity index (χ1n) is 11.7. The van der Waals surface area contributed by atoms with Crippen LogP contribution in [0.25, 0.3) is 21.9 Å². The summed E-state index contributed by atoms with van der Waals surface area (Å²) in [4.78, 5) is 13.7. The van der Waals surface area contributed by atoms with Crippen LogP contribution in [-0.4, -0.2) is 22.4 Å². The number of hydrogen-bond acceptors (Lipinski definition) is 6. The van der Waals surface area contributed by atoms with E-state index in [1.165, 1.54) is 24.8 Å². The van der Waals surface area contributed by atoms with Gasteiger partial charge in [-0.2, -0.15) is 0 Å². The van der Waals surface area contributed by atoms with E-state index >= 15 is 0 Å². The van der Waals surface area contributed by atoms with E-state index < -0.39 is 5.43 Å². The van der Waals surface area contributed by atoms with Crippen LogP contribution < -0.4 is 10.2 Å². The normalized spacial score (nSPS) is 11.7. The van der Waals surface area contributed by atoms with Crippen molar-refractivity contribution in [2.75, 3.05) is 7.11 Å². The number of fused-ring (bicyclic) bond motifs is 2. The van der Waals surface area contributed by atoms with E-state index in [1.54, 1.807) is 0 Å². The molecule has 35 heavy (non-hydrogen) atoms. The summed E-state index contributed by atoms with van der Waals surface area (Å²) in [5.41, 5.74) is 3.92. The smallest absolute Gasteiger partial charge is 0.204 e. The maximum atomic E-state index is 13.7. The molecule has 0 fully saturated rings. The predicted molar refractivity (Wildman–Crippen MR) is 141 cm³/mol. The van der Waals surface area contributed by atoms with Gasteiger partial charge in [0.1, 0.15) is 28.1 Å². The molecule has 3 N–H and O–H groups in total. The molecule has 6 heteroatoms. The van der Waals surface area contributed by atoms with Gasteiger partial charge in [0.05, 0.1) is 12.5 Å². The number of aromatic hydroxyl groups is 3. The molecular formula is C29H34O6. The van der Waals surface area contributed by atoms with Crippen molar-refractivity contribution in [2.24, 2.45) is 0 Å². The van der Waals surface area contributed by atoms with Gasteiger partial charge in [-0.15, -0.1) is 0 Å². The van der Waals surface area contributed by atoms with Gasteiger partial charge in [0, 0.05) is 23.3 Å². The van der Waals surface area contributed by atoms with Gasteiger partial charge >= 0.3 is 0 Å². The second-order valence-electron chi connectivity index (χ2n) is 9.37. The van der Waals surface area contributed by atoms with E-state index in [1.807, 2.05) is 32.9 Å². The zero-order valence-electron chi connectivity index (χ0n) is 21.3. The highest BCUT2D eigenvalue weighted by Gasteiger charge is 2.23. The molecule has 2 aromatic carbocycles. The zero-order valence-corrected chi connectivity index (χ0v) is 21.3. The van der Waals surface area contributed by atoms with Crippen LogP contribution in [0, 0.1) is 0 Å². The van der Waals surface area contributed by atoms with E-state index in [0.717, 1.165) is 24.0 Å². The van der Waals surface area contributed by atoms with Crippen LogP contribution in [0.15, 0.2) is 56.3 Å². The van der Waals surface area contributed by atoms with E-state index in [0.29, 0.717) is 12.0 Å². The highest BCUT2D eigenvalue weighted by molar-refractivity contribution is 5.97. The Labute approximate surface area is 205 Å². The highest BCUT2D eigenvalue weighted by atomic mass is 16.5. The Morgan fingerprint density at radius 3 is 2.09 bits per heavy atom. The lowest BCUT2D eigenvalue weighted by Crippen LogP contribution is -2.08. The predicted octanol–water partition coefficient (Wildman–Crippen LogP) is 6.82. The van der Waals surface area contributed by atoms with Crippen molar-refractivity contribution in [3.8, 4) is 23.0 Å². The van der Waals surface area contributed by atoms with Crippen LogP contribution in [0.2, 0.25) is 0 Å². The molecule has 0 unspecified atom stereocenters. The second kappa shape index (κ2) is 10.7. The third kappa shape index (κ3) is 5.53. The summed E-state index contributed by atoms with van der Waals surface area (Å²) in [6, 6.07) is 2.66. The van der Waals surface area contributed by atoms with Gasteiger partial charge in [-0.05, 0) is 60.3 Å². The fourth-order valence-electron chi connectivity index (χ4n) is 4.12. The Morgan fingerprint density at radius 1 is 0.857 bits per heavy atom. The molecule has 6 nitrogen and oxygen atoms in total. The molecule has 0 amide bonds. The van der Waals surface area contributed by atoms with Crippen molar-refractivity contribution in [1.82, 2.24) is 0 Å². The first-order chi connectivity index (χ1) is 16.5. The van der Waals surface area contributed by atoms with E-state index in [-0.39, 0.29) is 56.9 Å². The summed E-state index contributed by atoms with van der Waals surface area (Å²) >= 11 is 0. The maximum Gasteiger partial charge on any atom is 0.204 e. The van der Waals surface area contributed by atoms with Crippen LogP contribution in [-0.2, 0) is 12.8 Å². The Kier molecular flexibility index (Phi) is 7.95. The SMILES string of the molecule is COc1c(O)cc2oc3cc(O)c(CC=C(C)C)c(O)c3c(=O)c2c1C/C=C(\C)CCC=C(C)C. The first-order valence-corrected chi connectivity index (χ1v) is 11.7. The largest absolute Gasteiger partial charge is 0.507 e. The molecule has 0 spiro atoms. The van der Waals surface area contributed by atoms with Crippen LogP contribution >= 0.6 is 0 Å². The van der Waals surface area contributed by atoms with Crippen molar-refractivity contribution in [3.05, 3.63) is 68.4 Å². The Hall–Kier alpha value is -3.67. The number of phenols is 3. The van der Waals surface area contributed by atoms with Crippen molar-refractivity contribution in [1.29, 1.82) is 0 Å². The van der Waals surface area contributed by atoms with E-state index in [4.69, 9.17) is 9.15 Å². The summed E-state index contributed by atoms with van der Waals surface area (Å²) in [6.07, 6.45) is 8.44. The molecule has 1 aromatic heterocycles. The molecule has 0 radical (unpaired) electrons. The summed E-state index contributed by atoms with van der Waals surface area (Å²) in [5.74, 6) is -0.426. The topological polar surface area (TPSA) is 100 Å². The van der Waals surface area contributed by atoms with E-state index in [9.17, 15) is 20.1 Å². The average molecular weight is 479 g/mol. The van der Waals surface area contributed by atoms with E-state index in [2.05, 4.69) is 19.9 Å². The number of hydrogen-bond donors (Lipinski definition) is 3. The van der Waals surface area contributed by atoms with Crippen LogP contribution in [0.3, 0.4) is 0 Å². The molecule has 3 aromatic rings. The fourth-order valence-corrected chi connectivity index (χ4v) is 4.12. The molecule has 186 valence electrons. The first kappa shape index (κ1) is 25.9. The van der Waals surface area contributed by atoms with Gasteiger partial charge in [-0.25, -0.2) is 0 Å². The number of methoxy groups -OCH3 is 1. The summed E-state index contributed by atoms with van der Waals surface area (Å²) in [6.45, 7) is 9.98. The highest BCUT2D eigenvalue weighted by Crippen LogP contribution is 2.40. The number of allylic oxidation sites excluding steroid dienone is 6. The van der Waals surface area contributed by atoms with Gasteiger partial charge in [0.2, 0.25) is 5.43 Å². The molecule has 0 aliphatic heterocycles. The molecule has 3 rings (SSSR count). The molecule has 0 aliphatic carbocycles. The minimum Gasteiger partial charge on any atom is -0.507 e. The van der Waals surface area contributed by atoms with Gasteiger partial charge in [0.25, 0.3) is 0 Å². The molecule has 0 saturated heterocycles. The van der Waals surface area contributed by atoms with Crippen molar-refractivity contribution in [2.45, 2.75) is 60.3 Å². The van der Waals surface area contributed by atoms with Crippen molar-refractivity contribution < 1.29 is 24.5 Å². The summed E-state index contributed by atoms with van der Waals surface area (Å²) in [5, 5.41) is 32.2. The molecule has 0 aliphatic rings. The van der Waals surface area contributed by atoms with Crippen molar-refractivity contribution >= 4 is 21.9 Å². The monoisotopic (exact) mass is 478 g/mol. The Morgan fingerprint density at radius 2 is 1.46 bits per heavy atom. The molecular weight excluding hydrogens is 444 g/mol. The second-order valence-corrected chi connectivity index (χ2v) is 9.37. The number of phenolic OH excluding ortho intramolecular Hbond substituents is 3. The van der Waals surface area contributed by atoms with Gasteiger partial charge < -0.3 is 24.5 Å². The standard InChI is InChI=1S/C29H34O6/c1-16(2)8-7-9-18(5)11-13-20-25-23(15-22(31)29(20)34-6)35-24-14-21(30)19(12-10-17(3)4)27(32)26(24)28(25)33/h8,10-11,14-15,30-32H,7,9,12-13H2,1-6H3/b18-11+. The summed E-state index contributed by atoms with van der Waals surface area (Å²) in [7, 11) is 1.44. The van der Waals surface area contributed by atoms with Crippen molar-refractivity contribution in [3.63, 3.8) is 0 Å². The number of rotatable bonds is 8. The Balaban J connectivity index is 2.25. The maximum absolute atomic E-state index is 13.7. The Bertz CT molecular complexity index is 1410. The fraction of sp³-hybridized carbons (Fsp3) is 0.345. The average Bonchev–Trinajstić information content (AvgIpc) is 2.76. The molecule has 0 atom stereocenters. The number of ether oxygens (including phenoxy) is 1. The summed E-state index contributed by atoms with van der Waals surface area (Å²) < 4.78 is 11.4. The minimum absolute atomic E-state index is 0.00860. The van der Waals surface area contributed by atoms with Crippen LogP contribution in [0.4, 0.5) is 0 Å². The lowest BCUT2D eigenvalue weighted by molar-refractivity contribution is 0.370.